The molecule has 0 saturated heterocycles. The number of amides is 1. The lowest BCUT2D eigenvalue weighted by Crippen LogP contribution is -2.35. The lowest BCUT2D eigenvalue weighted by atomic mass is 10.2. The van der Waals surface area contributed by atoms with Gasteiger partial charge in [-0.05, 0) is 35.0 Å². The molecule has 0 heterocycles. The number of carbonyl (C=O) groups excluding carboxylic acids is 1. The Labute approximate surface area is 129 Å². The number of benzene rings is 1. The van der Waals surface area contributed by atoms with Crippen LogP contribution in [-0.2, 0) is 13.8 Å². The second kappa shape index (κ2) is 6.84. The fourth-order valence-electron chi connectivity index (χ4n) is 1.50. The van der Waals surface area contributed by atoms with E-state index in [1.165, 1.54) is 7.11 Å². The molecule has 1 N–H and O–H groups in total. The van der Waals surface area contributed by atoms with E-state index in [2.05, 4.69) is 21.2 Å². The third-order valence-electron chi connectivity index (χ3n) is 2.31. The minimum atomic E-state index is -4.17. The average molecular weight is 389 g/mol. The van der Waals surface area contributed by atoms with E-state index in [0.717, 1.165) is 12.1 Å². The largest absolute Gasteiger partial charge is 0.383 e. The molecule has 0 aliphatic heterocycles. The van der Waals surface area contributed by atoms with Gasteiger partial charge in [0.1, 0.15) is 10.7 Å². The molecule has 0 bridgehead atoms. The minimum absolute atomic E-state index is 0.0870. The summed E-state index contributed by atoms with van der Waals surface area (Å²) in [5.74, 6) is -1.51. The van der Waals surface area contributed by atoms with Gasteiger partial charge >= 0.3 is 0 Å². The van der Waals surface area contributed by atoms with Gasteiger partial charge in [-0.25, -0.2) is 12.8 Å². The van der Waals surface area contributed by atoms with Gasteiger partial charge in [-0.1, -0.05) is 0 Å². The normalized spacial score (nSPS) is 13.1. The number of halogens is 3. The number of ether oxygens (including phenoxy) is 1. The Morgan fingerprint density at radius 3 is 2.65 bits per heavy atom. The molecule has 1 unspecified atom stereocenters. The molecule has 1 aromatic carbocycles. The fraction of sp³-hybridized carbons (Fsp3) is 0.364. The first kappa shape index (κ1) is 17.4. The molecular weight excluding hydrogens is 377 g/mol. The van der Waals surface area contributed by atoms with Crippen molar-refractivity contribution in [1.82, 2.24) is 5.32 Å². The summed E-state index contributed by atoms with van der Waals surface area (Å²) in [7, 11) is 2.49. The van der Waals surface area contributed by atoms with Crippen molar-refractivity contribution >= 4 is 41.6 Å². The summed E-state index contributed by atoms with van der Waals surface area (Å²) in [6.45, 7) is 1.95. The first-order valence-electron chi connectivity index (χ1n) is 5.40. The number of hydrogen-bond donors (Lipinski definition) is 1. The van der Waals surface area contributed by atoms with Crippen molar-refractivity contribution in [3.8, 4) is 0 Å². The molecule has 1 aromatic rings. The first-order chi connectivity index (χ1) is 9.16. The molecule has 5 nitrogen and oxygen atoms in total. The molecule has 0 spiro atoms. The van der Waals surface area contributed by atoms with Crippen LogP contribution in [0.1, 0.15) is 17.3 Å². The van der Waals surface area contributed by atoms with Gasteiger partial charge in [-0.3, -0.25) is 4.79 Å². The number of hydrogen-bond acceptors (Lipinski definition) is 4. The highest BCUT2D eigenvalue weighted by Gasteiger charge is 2.23. The fourth-order valence-corrected chi connectivity index (χ4v) is 3.77. The zero-order chi connectivity index (χ0) is 15.5. The van der Waals surface area contributed by atoms with Crippen LogP contribution in [0.15, 0.2) is 21.5 Å². The molecule has 0 radical (unpaired) electrons. The zero-order valence-corrected chi connectivity index (χ0v) is 13.8. The van der Waals surface area contributed by atoms with Gasteiger partial charge in [-0.15, -0.1) is 0 Å². The predicted molar refractivity (Wildman–Crippen MR) is 75.9 cm³/mol. The van der Waals surface area contributed by atoms with E-state index >= 15 is 0 Å². The van der Waals surface area contributed by atoms with Crippen LogP contribution in [0.5, 0.6) is 0 Å². The lowest BCUT2D eigenvalue weighted by molar-refractivity contribution is 0.0904. The second-order valence-electron chi connectivity index (χ2n) is 4.03. The first-order valence-corrected chi connectivity index (χ1v) is 8.50. The summed E-state index contributed by atoms with van der Waals surface area (Å²) in [6.07, 6.45) is 0. The van der Waals surface area contributed by atoms with E-state index in [9.17, 15) is 17.6 Å². The molecule has 1 rings (SSSR count). The molecule has 0 aliphatic carbocycles. The molecule has 112 valence electrons. The van der Waals surface area contributed by atoms with Crippen LogP contribution in [0.25, 0.3) is 0 Å². The predicted octanol–water partition coefficient (Wildman–Crippen LogP) is 2.28. The molecule has 0 aliphatic rings. The number of nitrogens with one attached hydrogen (secondary N) is 1. The molecule has 0 saturated carbocycles. The minimum Gasteiger partial charge on any atom is -0.383 e. The van der Waals surface area contributed by atoms with Crippen molar-refractivity contribution in [1.29, 1.82) is 0 Å². The smallest absolute Gasteiger partial charge is 0.262 e. The van der Waals surface area contributed by atoms with Crippen LogP contribution in [0.3, 0.4) is 0 Å². The Bertz CT molecular complexity index is 623. The number of rotatable bonds is 5. The summed E-state index contributed by atoms with van der Waals surface area (Å²) in [4.78, 5) is 11.5. The molecule has 1 atom stereocenters. The molecule has 0 fully saturated rings. The van der Waals surface area contributed by atoms with Crippen LogP contribution in [-0.4, -0.2) is 34.1 Å². The van der Waals surface area contributed by atoms with Crippen LogP contribution in [0.4, 0.5) is 4.39 Å². The van der Waals surface area contributed by atoms with Gasteiger partial charge in [0.2, 0.25) is 0 Å². The highest BCUT2D eigenvalue weighted by atomic mass is 79.9. The summed E-state index contributed by atoms with van der Waals surface area (Å²) in [6, 6.07) is 1.34. The Morgan fingerprint density at radius 2 is 2.15 bits per heavy atom. The van der Waals surface area contributed by atoms with Crippen molar-refractivity contribution in [2.75, 3.05) is 13.7 Å². The molecule has 0 aromatic heterocycles. The SMILES string of the molecule is COCC(C)NC(=O)c1cc(F)cc(S(=O)(=O)Cl)c1Br. The van der Waals surface area contributed by atoms with Crippen LogP contribution in [0.2, 0.25) is 0 Å². The van der Waals surface area contributed by atoms with Crippen LogP contribution < -0.4 is 5.32 Å². The molecule has 1 amide bonds. The lowest BCUT2D eigenvalue weighted by Gasteiger charge is -2.14. The summed E-state index contributed by atoms with van der Waals surface area (Å²) < 4.78 is 40.8. The molecular formula is C11H12BrClFNO4S. The Morgan fingerprint density at radius 1 is 1.55 bits per heavy atom. The van der Waals surface area contributed by atoms with Gasteiger partial charge in [-0.2, -0.15) is 0 Å². The van der Waals surface area contributed by atoms with Gasteiger partial charge < -0.3 is 10.1 Å². The second-order valence-corrected chi connectivity index (χ2v) is 7.36. The zero-order valence-electron chi connectivity index (χ0n) is 10.6. The summed E-state index contributed by atoms with van der Waals surface area (Å²) in [5, 5.41) is 2.55. The van der Waals surface area contributed by atoms with E-state index in [1.54, 1.807) is 6.92 Å². The van der Waals surface area contributed by atoms with Gasteiger partial charge in [0.15, 0.2) is 0 Å². The van der Waals surface area contributed by atoms with Gasteiger partial charge in [0.05, 0.1) is 16.6 Å². The van der Waals surface area contributed by atoms with Crippen molar-refractivity contribution in [3.63, 3.8) is 0 Å². The van der Waals surface area contributed by atoms with Crippen molar-refractivity contribution in [3.05, 3.63) is 28.0 Å². The van der Waals surface area contributed by atoms with E-state index in [0.29, 0.717) is 0 Å². The van der Waals surface area contributed by atoms with Gasteiger partial charge in [0.25, 0.3) is 15.0 Å². The molecule has 9 heteroatoms. The van der Waals surface area contributed by atoms with E-state index in [-0.39, 0.29) is 22.7 Å². The highest BCUT2D eigenvalue weighted by Crippen LogP contribution is 2.29. The maximum absolute atomic E-state index is 13.4. The third kappa shape index (κ3) is 4.41. The van der Waals surface area contributed by atoms with Crippen molar-refractivity contribution < 1.29 is 22.3 Å². The Kier molecular flexibility index (Phi) is 5.93. The maximum atomic E-state index is 13.4. The quantitative estimate of drug-likeness (QED) is 0.786. The number of carbonyl (C=O) groups is 1. The molecule has 20 heavy (non-hydrogen) atoms. The van der Waals surface area contributed by atoms with Crippen LogP contribution in [0, 0.1) is 5.82 Å². The standard InChI is InChI=1S/C11H12BrClFNO4S/c1-6(5-19-2)15-11(16)8-3-7(14)4-9(10(8)12)20(13,17)18/h3-4,6H,5H2,1-2H3,(H,15,16). The maximum Gasteiger partial charge on any atom is 0.262 e. The monoisotopic (exact) mass is 387 g/mol. The number of methoxy groups -OCH3 is 1. The van der Waals surface area contributed by atoms with Crippen molar-refractivity contribution in [2.45, 2.75) is 17.9 Å². The van der Waals surface area contributed by atoms with Crippen molar-refractivity contribution in [2.24, 2.45) is 0 Å². The topological polar surface area (TPSA) is 72.5 Å². The van der Waals surface area contributed by atoms with E-state index in [1.807, 2.05) is 0 Å². The van der Waals surface area contributed by atoms with Gasteiger partial charge in [0, 0.05) is 23.8 Å². The Hall–Kier alpha value is -0.700. The average Bonchev–Trinajstić information content (AvgIpc) is 2.30. The van der Waals surface area contributed by atoms with Crippen LogP contribution >= 0.6 is 26.6 Å². The highest BCUT2D eigenvalue weighted by molar-refractivity contribution is 9.10. The van der Waals surface area contributed by atoms with E-state index < -0.39 is 25.7 Å². The summed E-state index contributed by atoms with van der Waals surface area (Å²) in [5.41, 5.74) is -0.160. The summed E-state index contributed by atoms with van der Waals surface area (Å²) >= 11 is 2.96. The van der Waals surface area contributed by atoms with E-state index in [4.69, 9.17) is 15.4 Å². The third-order valence-corrected chi connectivity index (χ3v) is 4.77. The Balaban J connectivity index is 3.19.